The number of benzene rings is 2. The Kier molecular flexibility index (Phi) is 6.13. The summed E-state index contributed by atoms with van der Waals surface area (Å²) in [5.41, 5.74) is 3.23. The van der Waals surface area contributed by atoms with Crippen LogP contribution in [-0.2, 0) is 0 Å². The normalized spacial score (nSPS) is 11.0. The maximum atomic E-state index is 12.2. The molecule has 136 valence electrons. The molecule has 2 aromatic carbocycles. The Balaban J connectivity index is 2.22. The van der Waals surface area contributed by atoms with Gasteiger partial charge in [0.2, 0.25) is 0 Å². The van der Waals surface area contributed by atoms with Crippen LogP contribution in [0.15, 0.2) is 41.5 Å². The Hall–Kier alpha value is -3.13. The Morgan fingerprint density at radius 3 is 2.54 bits per heavy atom. The van der Waals surface area contributed by atoms with E-state index in [9.17, 15) is 14.9 Å². The summed E-state index contributed by atoms with van der Waals surface area (Å²) < 4.78 is 10.4. The average molecular weight is 378 g/mol. The van der Waals surface area contributed by atoms with Crippen molar-refractivity contribution in [3.8, 4) is 11.5 Å². The third-order valence-corrected chi connectivity index (χ3v) is 3.85. The molecule has 0 saturated carbocycles. The van der Waals surface area contributed by atoms with Crippen LogP contribution in [0.4, 0.5) is 5.69 Å². The van der Waals surface area contributed by atoms with Crippen LogP contribution in [0.5, 0.6) is 11.5 Å². The first-order valence-corrected chi connectivity index (χ1v) is 7.76. The second-order valence-corrected chi connectivity index (χ2v) is 5.53. The monoisotopic (exact) mass is 377 g/mol. The van der Waals surface area contributed by atoms with Gasteiger partial charge in [-0.3, -0.25) is 14.9 Å². The number of ether oxygens (including phenoxy) is 2. The van der Waals surface area contributed by atoms with Gasteiger partial charge in [0.1, 0.15) is 16.5 Å². The minimum atomic E-state index is -0.657. The molecule has 0 heterocycles. The van der Waals surface area contributed by atoms with Gasteiger partial charge in [-0.2, -0.15) is 5.10 Å². The molecule has 0 aliphatic carbocycles. The lowest BCUT2D eigenvalue weighted by molar-refractivity contribution is -0.384. The standard InChI is InChI=1S/C17H16ClN3O5/c1-10(13-6-5-12(25-2)9-16(13)26-3)19-20-17(22)11-4-7-14(18)15(8-11)21(23)24/h4-9H,1-3H3,(H,20,22). The van der Waals surface area contributed by atoms with Crippen LogP contribution < -0.4 is 14.9 Å². The number of amides is 1. The van der Waals surface area contributed by atoms with Gasteiger partial charge in [0, 0.05) is 23.3 Å². The van der Waals surface area contributed by atoms with Crippen molar-refractivity contribution in [1.29, 1.82) is 0 Å². The third kappa shape index (κ3) is 4.28. The molecule has 1 amide bonds. The van der Waals surface area contributed by atoms with E-state index in [1.54, 1.807) is 32.2 Å². The molecule has 0 unspecified atom stereocenters. The van der Waals surface area contributed by atoms with Crippen molar-refractivity contribution >= 4 is 28.9 Å². The van der Waals surface area contributed by atoms with Gasteiger partial charge >= 0.3 is 0 Å². The van der Waals surface area contributed by atoms with Crippen molar-refractivity contribution in [2.75, 3.05) is 14.2 Å². The van der Waals surface area contributed by atoms with Gasteiger partial charge < -0.3 is 9.47 Å². The molecule has 8 nitrogen and oxygen atoms in total. The van der Waals surface area contributed by atoms with Crippen molar-refractivity contribution in [3.63, 3.8) is 0 Å². The predicted octanol–water partition coefficient (Wildman–Crippen LogP) is 3.42. The molecular weight excluding hydrogens is 362 g/mol. The van der Waals surface area contributed by atoms with Gasteiger partial charge in [0.15, 0.2) is 0 Å². The van der Waals surface area contributed by atoms with Crippen LogP contribution in [-0.4, -0.2) is 30.8 Å². The molecule has 26 heavy (non-hydrogen) atoms. The van der Waals surface area contributed by atoms with E-state index in [1.165, 1.54) is 19.2 Å². The first-order valence-electron chi connectivity index (χ1n) is 7.38. The largest absolute Gasteiger partial charge is 0.497 e. The molecule has 0 spiro atoms. The molecule has 0 fully saturated rings. The van der Waals surface area contributed by atoms with E-state index < -0.39 is 10.8 Å². The number of nitrogens with zero attached hydrogens (tertiary/aromatic N) is 2. The van der Waals surface area contributed by atoms with Gasteiger partial charge in [0.05, 0.1) is 24.9 Å². The molecular formula is C17H16ClN3O5. The zero-order valence-electron chi connectivity index (χ0n) is 14.3. The number of hydrogen-bond donors (Lipinski definition) is 1. The first-order chi connectivity index (χ1) is 12.4. The van der Waals surface area contributed by atoms with Crippen LogP contribution in [0.3, 0.4) is 0 Å². The molecule has 9 heteroatoms. The van der Waals surface area contributed by atoms with Crippen molar-refractivity contribution in [2.24, 2.45) is 5.10 Å². The molecule has 0 atom stereocenters. The van der Waals surface area contributed by atoms with E-state index in [0.29, 0.717) is 22.8 Å². The Morgan fingerprint density at radius 1 is 1.19 bits per heavy atom. The quantitative estimate of drug-likeness (QED) is 0.472. The Morgan fingerprint density at radius 2 is 1.92 bits per heavy atom. The summed E-state index contributed by atoms with van der Waals surface area (Å²) in [6.45, 7) is 1.69. The van der Waals surface area contributed by atoms with Crippen molar-refractivity contribution < 1.29 is 19.2 Å². The third-order valence-electron chi connectivity index (χ3n) is 3.53. The number of hydrazone groups is 1. The summed E-state index contributed by atoms with van der Waals surface area (Å²) in [6, 6.07) is 8.94. The van der Waals surface area contributed by atoms with Gasteiger partial charge in [-0.25, -0.2) is 5.43 Å². The van der Waals surface area contributed by atoms with E-state index in [-0.39, 0.29) is 16.3 Å². The van der Waals surface area contributed by atoms with Crippen LogP contribution in [0.25, 0.3) is 0 Å². The minimum absolute atomic E-state index is 0.0470. The molecule has 0 aliphatic rings. The summed E-state index contributed by atoms with van der Waals surface area (Å²) in [5.74, 6) is 0.550. The zero-order valence-corrected chi connectivity index (χ0v) is 15.0. The average Bonchev–Trinajstić information content (AvgIpc) is 2.65. The molecule has 0 aromatic heterocycles. The van der Waals surface area contributed by atoms with Crippen molar-refractivity contribution in [2.45, 2.75) is 6.92 Å². The molecule has 0 bridgehead atoms. The van der Waals surface area contributed by atoms with Crippen LogP contribution >= 0.6 is 11.6 Å². The van der Waals surface area contributed by atoms with Gasteiger partial charge in [-0.15, -0.1) is 0 Å². The number of nitrogens with one attached hydrogen (secondary N) is 1. The summed E-state index contributed by atoms with van der Waals surface area (Å²) in [4.78, 5) is 22.4. The smallest absolute Gasteiger partial charge is 0.288 e. The van der Waals surface area contributed by atoms with E-state index >= 15 is 0 Å². The van der Waals surface area contributed by atoms with Gasteiger partial charge in [0.25, 0.3) is 11.6 Å². The highest BCUT2D eigenvalue weighted by Gasteiger charge is 2.16. The zero-order chi connectivity index (χ0) is 19.3. The SMILES string of the molecule is COc1ccc(C(C)=NNC(=O)c2ccc(Cl)c([N+](=O)[O-])c2)c(OC)c1. The highest BCUT2D eigenvalue weighted by atomic mass is 35.5. The van der Waals surface area contributed by atoms with Crippen LogP contribution in [0.1, 0.15) is 22.8 Å². The first kappa shape index (κ1) is 19.2. The highest BCUT2D eigenvalue weighted by Crippen LogP contribution is 2.26. The number of halogens is 1. The number of rotatable bonds is 6. The molecule has 2 aromatic rings. The molecule has 0 aliphatic heterocycles. The maximum Gasteiger partial charge on any atom is 0.288 e. The number of methoxy groups -OCH3 is 2. The molecule has 2 rings (SSSR count). The van der Waals surface area contributed by atoms with Gasteiger partial charge in [-0.05, 0) is 31.2 Å². The lowest BCUT2D eigenvalue weighted by atomic mass is 10.1. The second-order valence-electron chi connectivity index (χ2n) is 5.13. The van der Waals surface area contributed by atoms with Crippen LogP contribution in [0, 0.1) is 10.1 Å². The van der Waals surface area contributed by atoms with E-state index in [4.69, 9.17) is 21.1 Å². The molecule has 0 saturated heterocycles. The maximum absolute atomic E-state index is 12.2. The lowest BCUT2D eigenvalue weighted by Crippen LogP contribution is -2.19. The fourth-order valence-electron chi connectivity index (χ4n) is 2.15. The van der Waals surface area contributed by atoms with Crippen molar-refractivity contribution in [1.82, 2.24) is 5.43 Å². The topological polar surface area (TPSA) is 103 Å². The number of nitro benzene ring substituents is 1. The number of hydrogen-bond acceptors (Lipinski definition) is 6. The Labute approximate surface area is 154 Å². The summed E-state index contributed by atoms with van der Waals surface area (Å²) in [5, 5.41) is 14.9. The van der Waals surface area contributed by atoms with Crippen LogP contribution in [0.2, 0.25) is 5.02 Å². The van der Waals surface area contributed by atoms with Crippen molar-refractivity contribution in [3.05, 3.63) is 62.7 Å². The summed E-state index contributed by atoms with van der Waals surface area (Å²) in [7, 11) is 3.05. The van der Waals surface area contributed by atoms with E-state index in [0.717, 1.165) is 6.07 Å². The Bertz CT molecular complexity index is 883. The predicted molar refractivity (Wildman–Crippen MR) is 97.3 cm³/mol. The molecule has 1 N–H and O–H groups in total. The number of nitro groups is 1. The van der Waals surface area contributed by atoms with E-state index in [2.05, 4.69) is 10.5 Å². The fraction of sp³-hybridized carbons (Fsp3) is 0.176. The molecule has 0 radical (unpaired) electrons. The number of carbonyl (C=O) groups excluding carboxylic acids is 1. The van der Waals surface area contributed by atoms with Gasteiger partial charge in [-0.1, -0.05) is 11.6 Å². The summed E-state index contributed by atoms with van der Waals surface area (Å²) in [6.07, 6.45) is 0. The number of carbonyl (C=O) groups is 1. The fourth-order valence-corrected chi connectivity index (χ4v) is 2.34. The minimum Gasteiger partial charge on any atom is -0.497 e. The highest BCUT2D eigenvalue weighted by molar-refractivity contribution is 6.32. The second kappa shape index (κ2) is 8.30. The lowest BCUT2D eigenvalue weighted by Gasteiger charge is -2.10. The summed E-state index contributed by atoms with van der Waals surface area (Å²) >= 11 is 5.74. The van der Waals surface area contributed by atoms with E-state index in [1.807, 2.05) is 0 Å².